The largest absolute Gasteiger partial charge is 0.348 e. The molecule has 1 aromatic heterocycles. The first kappa shape index (κ1) is 18.2. The van der Waals surface area contributed by atoms with Crippen molar-refractivity contribution in [2.45, 2.75) is 38.6 Å². The van der Waals surface area contributed by atoms with E-state index >= 15 is 0 Å². The molecule has 0 unspecified atom stereocenters. The van der Waals surface area contributed by atoms with Crippen LogP contribution >= 0.6 is 0 Å². The molecule has 1 aliphatic heterocycles. The molecule has 0 spiro atoms. The molecule has 7 nitrogen and oxygen atoms in total. The van der Waals surface area contributed by atoms with Gasteiger partial charge >= 0.3 is 0 Å². The summed E-state index contributed by atoms with van der Waals surface area (Å²) in [5, 5.41) is 2.72. The molecular formula is C21H21N3O4. The van der Waals surface area contributed by atoms with Gasteiger partial charge < -0.3 is 15.2 Å². The Morgan fingerprint density at radius 1 is 1.04 bits per heavy atom. The van der Waals surface area contributed by atoms with Crippen LogP contribution in [0.5, 0.6) is 0 Å². The van der Waals surface area contributed by atoms with Gasteiger partial charge in [0, 0.05) is 42.9 Å². The van der Waals surface area contributed by atoms with Gasteiger partial charge in [0.05, 0.1) is 0 Å². The average molecular weight is 379 g/mol. The van der Waals surface area contributed by atoms with Crippen LogP contribution in [-0.2, 0) is 17.8 Å². The zero-order valence-electron chi connectivity index (χ0n) is 15.4. The van der Waals surface area contributed by atoms with E-state index in [1.807, 2.05) is 24.3 Å². The normalized spacial score (nSPS) is 16.2. The Hall–Kier alpha value is -3.22. The van der Waals surface area contributed by atoms with Gasteiger partial charge in [-0.25, -0.2) is 0 Å². The van der Waals surface area contributed by atoms with Gasteiger partial charge in [-0.05, 0) is 43.0 Å². The Bertz CT molecular complexity index is 1010. The molecule has 7 heteroatoms. The smallest absolute Gasteiger partial charge is 0.261 e. The standard InChI is InChI=1S/C21H21N3O4/c25-18-4-1-3-17-15(18)11-16(21(28)23-17)20(27)22-12-13-6-8-14(9-7-13)24-10-2-5-19(24)26/h6-9,11H,1-5,10,12H2,(H,22,27)(H,23,28). The van der Waals surface area contributed by atoms with Gasteiger partial charge in [0.25, 0.3) is 11.5 Å². The Balaban J connectivity index is 1.45. The van der Waals surface area contributed by atoms with Crippen LogP contribution < -0.4 is 15.8 Å². The third-order valence-corrected chi connectivity index (χ3v) is 5.27. The van der Waals surface area contributed by atoms with Crippen LogP contribution in [0, 0.1) is 0 Å². The monoisotopic (exact) mass is 379 g/mol. The molecule has 0 saturated carbocycles. The minimum Gasteiger partial charge on any atom is -0.348 e. The number of Topliss-reactive ketones (excluding diaryl/α,β-unsaturated/α-hetero) is 1. The van der Waals surface area contributed by atoms with E-state index in [0.717, 1.165) is 24.2 Å². The maximum atomic E-state index is 12.5. The van der Waals surface area contributed by atoms with Crippen molar-refractivity contribution < 1.29 is 14.4 Å². The maximum Gasteiger partial charge on any atom is 0.261 e. The van der Waals surface area contributed by atoms with Gasteiger partial charge in [0.1, 0.15) is 5.56 Å². The molecule has 1 fully saturated rings. The second-order valence-corrected chi connectivity index (χ2v) is 7.18. The lowest BCUT2D eigenvalue weighted by Gasteiger charge is -2.16. The number of carbonyl (C=O) groups is 3. The Labute approximate surface area is 161 Å². The zero-order valence-corrected chi connectivity index (χ0v) is 15.4. The first-order chi connectivity index (χ1) is 13.5. The first-order valence-electron chi connectivity index (χ1n) is 9.50. The SMILES string of the molecule is O=C1CCCc2[nH]c(=O)c(C(=O)NCc3ccc(N4CCCC4=O)cc3)cc21. The molecule has 0 radical (unpaired) electrons. The quantitative estimate of drug-likeness (QED) is 0.848. The molecule has 2 heterocycles. The summed E-state index contributed by atoms with van der Waals surface area (Å²) in [6, 6.07) is 8.82. The molecule has 2 N–H and O–H groups in total. The molecule has 144 valence electrons. The number of amides is 2. The van der Waals surface area contributed by atoms with Gasteiger partial charge in [0.2, 0.25) is 5.91 Å². The van der Waals surface area contributed by atoms with Crippen molar-refractivity contribution in [3.05, 3.63) is 63.1 Å². The van der Waals surface area contributed by atoms with Gasteiger partial charge in [-0.15, -0.1) is 0 Å². The molecule has 0 atom stereocenters. The van der Waals surface area contributed by atoms with Crippen LogP contribution in [0.4, 0.5) is 5.69 Å². The number of benzene rings is 1. The van der Waals surface area contributed by atoms with Crippen LogP contribution in [0.25, 0.3) is 0 Å². The number of nitrogens with zero attached hydrogens (tertiary/aromatic N) is 1. The molecule has 4 rings (SSSR count). The summed E-state index contributed by atoms with van der Waals surface area (Å²) in [5.74, 6) is -0.429. The summed E-state index contributed by atoms with van der Waals surface area (Å²) in [6.45, 7) is 0.978. The van der Waals surface area contributed by atoms with E-state index in [2.05, 4.69) is 10.3 Å². The maximum absolute atomic E-state index is 12.5. The third kappa shape index (κ3) is 3.47. The van der Waals surface area contributed by atoms with E-state index in [1.54, 1.807) is 4.90 Å². The van der Waals surface area contributed by atoms with E-state index in [0.29, 0.717) is 36.9 Å². The van der Waals surface area contributed by atoms with Crippen molar-refractivity contribution in [1.82, 2.24) is 10.3 Å². The molecular weight excluding hydrogens is 358 g/mol. The molecule has 0 bridgehead atoms. The van der Waals surface area contributed by atoms with Crippen molar-refractivity contribution in [3.63, 3.8) is 0 Å². The molecule has 1 saturated heterocycles. The average Bonchev–Trinajstić information content (AvgIpc) is 3.12. The molecule has 2 aliphatic rings. The Kier molecular flexibility index (Phi) is 4.81. The number of ketones is 1. The molecule has 2 amide bonds. The predicted octanol–water partition coefficient (Wildman–Crippen LogP) is 1.95. The van der Waals surface area contributed by atoms with Crippen molar-refractivity contribution in [1.29, 1.82) is 0 Å². The summed E-state index contributed by atoms with van der Waals surface area (Å²) in [7, 11) is 0. The highest BCUT2D eigenvalue weighted by atomic mass is 16.2. The number of anilines is 1. The second-order valence-electron chi connectivity index (χ2n) is 7.18. The number of hydrogen-bond acceptors (Lipinski definition) is 4. The van der Waals surface area contributed by atoms with Gasteiger partial charge in [0.15, 0.2) is 5.78 Å². The number of H-pyrrole nitrogens is 1. The number of pyridine rings is 1. The first-order valence-corrected chi connectivity index (χ1v) is 9.50. The fourth-order valence-electron chi connectivity index (χ4n) is 3.74. The summed E-state index contributed by atoms with van der Waals surface area (Å²) in [6.07, 6.45) is 3.24. The lowest BCUT2D eigenvalue weighted by Crippen LogP contribution is -2.31. The van der Waals surface area contributed by atoms with Crippen LogP contribution in [0.15, 0.2) is 35.1 Å². The number of nitrogens with one attached hydrogen (secondary N) is 2. The van der Waals surface area contributed by atoms with Gasteiger partial charge in [-0.1, -0.05) is 12.1 Å². The van der Waals surface area contributed by atoms with E-state index in [9.17, 15) is 19.2 Å². The number of aryl methyl sites for hydroxylation is 1. The lowest BCUT2D eigenvalue weighted by atomic mass is 9.93. The number of carbonyl (C=O) groups excluding carboxylic acids is 3. The number of rotatable bonds is 4. The number of fused-ring (bicyclic) bond motifs is 1. The van der Waals surface area contributed by atoms with Crippen molar-refractivity contribution >= 4 is 23.3 Å². The van der Waals surface area contributed by atoms with Gasteiger partial charge in [-0.3, -0.25) is 19.2 Å². The highest BCUT2D eigenvalue weighted by molar-refractivity contribution is 6.01. The number of aromatic nitrogens is 1. The summed E-state index contributed by atoms with van der Waals surface area (Å²) < 4.78 is 0. The topological polar surface area (TPSA) is 99.3 Å². The lowest BCUT2D eigenvalue weighted by molar-refractivity contribution is -0.117. The Morgan fingerprint density at radius 3 is 2.54 bits per heavy atom. The minimum absolute atomic E-state index is 0.0430. The number of hydrogen-bond donors (Lipinski definition) is 2. The summed E-state index contributed by atoms with van der Waals surface area (Å²) in [4.78, 5) is 52.9. The molecule has 1 aromatic carbocycles. The van der Waals surface area contributed by atoms with Crippen LogP contribution in [0.1, 0.15) is 57.7 Å². The van der Waals surface area contributed by atoms with E-state index in [-0.39, 0.29) is 23.8 Å². The number of aromatic amines is 1. The highest BCUT2D eigenvalue weighted by Gasteiger charge is 2.23. The fraction of sp³-hybridized carbons (Fsp3) is 0.333. The summed E-state index contributed by atoms with van der Waals surface area (Å²) in [5.41, 5.74) is 2.24. The van der Waals surface area contributed by atoms with Crippen molar-refractivity contribution in [2.24, 2.45) is 0 Å². The van der Waals surface area contributed by atoms with E-state index in [4.69, 9.17) is 0 Å². The van der Waals surface area contributed by atoms with E-state index in [1.165, 1.54) is 6.07 Å². The van der Waals surface area contributed by atoms with Gasteiger partial charge in [-0.2, -0.15) is 0 Å². The Morgan fingerprint density at radius 2 is 1.82 bits per heavy atom. The van der Waals surface area contributed by atoms with E-state index < -0.39 is 11.5 Å². The highest BCUT2D eigenvalue weighted by Crippen LogP contribution is 2.22. The molecule has 1 aliphatic carbocycles. The fourth-order valence-corrected chi connectivity index (χ4v) is 3.74. The van der Waals surface area contributed by atoms with Crippen molar-refractivity contribution in [3.8, 4) is 0 Å². The van der Waals surface area contributed by atoms with Crippen LogP contribution in [0.3, 0.4) is 0 Å². The van der Waals surface area contributed by atoms with Crippen LogP contribution in [-0.4, -0.2) is 29.1 Å². The zero-order chi connectivity index (χ0) is 19.7. The van der Waals surface area contributed by atoms with Crippen LogP contribution in [0.2, 0.25) is 0 Å². The molecule has 2 aromatic rings. The second kappa shape index (κ2) is 7.42. The molecule has 28 heavy (non-hydrogen) atoms. The predicted molar refractivity (Wildman–Crippen MR) is 104 cm³/mol. The van der Waals surface area contributed by atoms with Crippen molar-refractivity contribution in [2.75, 3.05) is 11.4 Å². The minimum atomic E-state index is -0.513. The summed E-state index contributed by atoms with van der Waals surface area (Å²) >= 11 is 0. The third-order valence-electron chi connectivity index (χ3n) is 5.27.